The van der Waals surface area contributed by atoms with Gasteiger partial charge in [-0.05, 0) is 42.8 Å². The lowest BCUT2D eigenvalue weighted by atomic mass is 10.2. The number of nitrogens with one attached hydrogen (secondary N) is 2. The summed E-state index contributed by atoms with van der Waals surface area (Å²) in [7, 11) is -1.66. The molecule has 0 saturated carbocycles. The highest BCUT2D eigenvalue weighted by Crippen LogP contribution is 2.17. The number of aromatic nitrogens is 1. The van der Waals surface area contributed by atoms with Gasteiger partial charge in [0.2, 0.25) is 0 Å². The van der Waals surface area contributed by atoms with Crippen LogP contribution in [0.3, 0.4) is 0 Å². The number of amides is 1. The Morgan fingerprint density at radius 1 is 1.11 bits per heavy atom. The van der Waals surface area contributed by atoms with Gasteiger partial charge in [0.25, 0.3) is 5.91 Å². The van der Waals surface area contributed by atoms with Crippen molar-refractivity contribution in [3.63, 3.8) is 0 Å². The third-order valence-corrected chi connectivity index (χ3v) is 5.93. The summed E-state index contributed by atoms with van der Waals surface area (Å²) < 4.78 is 27.6. The van der Waals surface area contributed by atoms with Gasteiger partial charge >= 0.3 is 5.97 Å². The van der Waals surface area contributed by atoms with Crippen LogP contribution in [0, 0.1) is 0 Å². The Morgan fingerprint density at radius 2 is 1.81 bits per heavy atom. The molecular weight excluding hydrogens is 370 g/mol. The van der Waals surface area contributed by atoms with E-state index in [0.717, 1.165) is 0 Å². The third kappa shape index (κ3) is 4.82. The van der Waals surface area contributed by atoms with E-state index >= 15 is 0 Å². The van der Waals surface area contributed by atoms with E-state index in [0.29, 0.717) is 23.4 Å². The Bertz CT molecular complexity index is 940. The number of carbonyl (C=O) groups is 2. The molecule has 1 aliphatic rings. The predicted octanol–water partition coefficient (Wildman–Crippen LogP) is 1.72. The van der Waals surface area contributed by atoms with Crippen molar-refractivity contribution < 1.29 is 22.7 Å². The predicted molar refractivity (Wildman–Crippen MR) is 101 cm³/mol. The molecule has 2 N–H and O–H groups in total. The minimum absolute atomic E-state index is 0.108. The number of hydrogen-bond acceptors (Lipinski definition) is 7. The number of sulfone groups is 1. The number of ether oxygens (including phenoxy) is 1. The Morgan fingerprint density at radius 3 is 2.37 bits per heavy atom. The summed E-state index contributed by atoms with van der Waals surface area (Å²) in [4.78, 5) is 27.8. The topological polar surface area (TPSA) is 114 Å². The fourth-order valence-corrected chi connectivity index (χ4v) is 4.43. The van der Waals surface area contributed by atoms with Crippen LogP contribution in [0.1, 0.15) is 27.3 Å². The highest BCUT2D eigenvalue weighted by Gasteiger charge is 2.27. The fraction of sp³-hybridized carbons (Fsp3) is 0.278. The van der Waals surface area contributed by atoms with Crippen molar-refractivity contribution in [2.75, 3.05) is 29.2 Å². The van der Waals surface area contributed by atoms with Crippen LogP contribution in [-0.4, -0.2) is 49.9 Å². The molecule has 2 aromatic rings. The van der Waals surface area contributed by atoms with Crippen LogP contribution in [0.4, 0.5) is 11.4 Å². The van der Waals surface area contributed by atoms with Crippen LogP contribution in [0.15, 0.2) is 42.6 Å². The van der Waals surface area contributed by atoms with E-state index < -0.39 is 21.7 Å². The first-order chi connectivity index (χ1) is 12.9. The number of methoxy groups -OCH3 is 1. The summed E-state index contributed by atoms with van der Waals surface area (Å²) in [6, 6.07) is 9.41. The molecular formula is C18H19N3O5S. The molecule has 142 valence electrons. The number of anilines is 2. The second kappa shape index (κ2) is 7.75. The minimum Gasteiger partial charge on any atom is -0.465 e. The van der Waals surface area contributed by atoms with Gasteiger partial charge in [-0.3, -0.25) is 4.79 Å². The summed E-state index contributed by atoms with van der Waals surface area (Å²) >= 11 is 0. The molecule has 0 radical (unpaired) electrons. The normalized spacial score (nSPS) is 17.9. The second-order valence-electron chi connectivity index (χ2n) is 6.20. The maximum Gasteiger partial charge on any atom is 0.337 e. The Labute approximate surface area is 156 Å². The van der Waals surface area contributed by atoms with E-state index in [1.807, 2.05) is 0 Å². The lowest BCUT2D eigenvalue weighted by Crippen LogP contribution is -2.21. The number of benzene rings is 1. The van der Waals surface area contributed by atoms with Crippen molar-refractivity contribution in [2.45, 2.75) is 12.5 Å². The first kappa shape index (κ1) is 18.8. The summed E-state index contributed by atoms with van der Waals surface area (Å²) in [6.45, 7) is 0. The molecule has 1 aromatic heterocycles. The van der Waals surface area contributed by atoms with Crippen molar-refractivity contribution >= 4 is 33.1 Å². The first-order valence-corrected chi connectivity index (χ1v) is 10.1. The van der Waals surface area contributed by atoms with Crippen molar-refractivity contribution in [1.29, 1.82) is 0 Å². The molecule has 8 nitrogen and oxygen atoms in total. The van der Waals surface area contributed by atoms with Crippen LogP contribution >= 0.6 is 0 Å². The lowest BCUT2D eigenvalue weighted by Gasteiger charge is -2.12. The fourth-order valence-electron chi connectivity index (χ4n) is 2.76. The molecule has 1 atom stereocenters. The van der Waals surface area contributed by atoms with E-state index in [4.69, 9.17) is 0 Å². The SMILES string of the molecule is COC(=O)c1ccc(NC(=O)c2ccc(NC3CCS(=O)(=O)C3)cn2)cc1. The average molecular weight is 389 g/mol. The van der Waals surface area contributed by atoms with E-state index in [1.54, 1.807) is 36.4 Å². The monoisotopic (exact) mass is 389 g/mol. The number of nitrogens with zero attached hydrogens (tertiary/aromatic N) is 1. The summed E-state index contributed by atoms with van der Waals surface area (Å²) in [5.74, 6) is -0.548. The largest absolute Gasteiger partial charge is 0.465 e. The van der Waals surface area contributed by atoms with Gasteiger partial charge in [-0.25, -0.2) is 18.2 Å². The van der Waals surface area contributed by atoms with E-state index in [2.05, 4.69) is 20.4 Å². The zero-order valence-electron chi connectivity index (χ0n) is 14.6. The highest BCUT2D eigenvalue weighted by atomic mass is 32.2. The van der Waals surface area contributed by atoms with Crippen LogP contribution in [0.5, 0.6) is 0 Å². The molecule has 0 bridgehead atoms. The van der Waals surface area contributed by atoms with Crippen molar-refractivity contribution in [3.8, 4) is 0 Å². The number of hydrogen-bond donors (Lipinski definition) is 2. The van der Waals surface area contributed by atoms with Gasteiger partial charge in [-0.1, -0.05) is 0 Å². The molecule has 1 aromatic carbocycles. The van der Waals surface area contributed by atoms with Gasteiger partial charge in [0.1, 0.15) is 5.69 Å². The molecule has 1 aliphatic heterocycles. The van der Waals surface area contributed by atoms with Gasteiger partial charge in [0.05, 0.1) is 36.1 Å². The third-order valence-electron chi connectivity index (χ3n) is 4.16. The maximum absolute atomic E-state index is 12.3. The van der Waals surface area contributed by atoms with E-state index in [1.165, 1.54) is 13.3 Å². The number of pyridine rings is 1. The molecule has 0 aliphatic carbocycles. The molecule has 0 spiro atoms. The average Bonchev–Trinajstić information content (AvgIpc) is 3.00. The van der Waals surface area contributed by atoms with Crippen LogP contribution < -0.4 is 10.6 Å². The molecule has 9 heteroatoms. The van der Waals surface area contributed by atoms with E-state index in [9.17, 15) is 18.0 Å². The van der Waals surface area contributed by atoms with Gasteiger partial charge in [0, 0.05) is 11.7 Å². The smallest absolute Gasteiger partial charge is 0.337 e. The zero-order valence-corrected chi connectivity index (χ0v) is 15.5. The quantitative estimate of drug-likeness (QED) is 0.748. The van der Waals surface area contributed by atoms with Crippen LogP contribution in [0.25, 0.3) is 0 Å². The van der Waals surface area contributed by atoms with Crippen LogP contribution in [-0.2, 0) is 14.6 Å². The molecule has 2 heterocycles. The molecule has 1 unspecified atom stereocenters. The Balaban J connectivity index is 1.59. The number of carbonyl (C=O) groups excluding carboxylic acids is 2. The second-order valence-corrected chi connectivity index (χ2v) is 8.43. The Hall–Kier alpha value is -2.94. The zero-order chi connectivity index (χ0) is 19.4. The van der Waals surface area contributed by atoms with Gasteiger partial charge < -0.3 is 15.4 Å². The summed E-state index contributed by atoms with van der Waals surface area (Å²) in [6.07, 6.45) is 2.06. The van der Waals surface area contributed by atoms with Crippen molar-refractivity contribution in [1.82, 2.24) is 4.98 Å². The highest BCUT2D eigenvalue weighted by molar-refractivity contribution is 7.91. The van der Waals surface area contributed by atoms with Crippen LogP contribution in [0.2, 0.25) is 0 Å². The molecule has 1 fully saturated rings. The molecule has 1 saturated heterocycles. The van der Waals surface area contributed by atoms with Crippen molar-refractivity contribution in [2.24, 2.45) is 0 Å². The summed E-state index contributed by atoms with van der Waals surface area (Å²) in [5, 5.41) is 5.81. The van der Waals surface area contributed by atoms with Crippen molar-refractivity contribution in [3.05, 3.63) is 53.9 Å². The number of esters is 1. The Kier molecular flexibility index (Phi) is 5.41. The lowest BCUT2D eigenvalue weighted by molar-refractivity contribution is 0.0600. The number of rotatable bonds is 5. The first-order valence-electron chi connectivity index (χ1n) is 8.29. The molecule has 3 rings (SSSR count). The van der Waals surface area contributed by atoms with Gasteiger partial charge in [-0.15, -0.1) is 0 Å². The van der Waals surface area contributed by atoms with Gasteiger partial charge in [0.15, 0.2) is 9.84 Å². The molecule has 27 heavy (non-hydrogen) atoms. The molecule has 1 amide bonds. The summed E-state index contributed by atoms with van der Waals surface area (Å²) in [5.41, 5.74) is 1.79. The van der Waals surface area contributed by atoms with E-state index in [-0.39, 0.29) is 23.2 Å². The maximum atomic E-state index is 12.3. The minimum atomic E-state index is -2.96. The van der Waals surface area contributed by atoms with Gasteiger partial charge in [-0.2, -0.15) is 0 Å². The standard InChI is InChI=1S/C18H19N3O5S/c1-26-18(23)12-2-4-13(5-3-12)21-17(22)16-7-6-14(10-19-16)20-15-8-9-27(24,25)11-15/h2-7,10,15,20H,8-9,11H2,1H3,(H,21,22).